The number of para-hydroxylation sites is 1. The van der Waals surface area contributed by atoms with Crippen molar-refractivity contribution in [3.05, 3.63) is 152 Å². The molecule has 17 heteroatoms. The Hall–Kier alpha value is -7.77. The first-order valence-corrected chi connectivity index (χ1v) is 22.3. The van der Waals surface area contributed by atoms with Crippen molar-refractivity contribution >= 4 is 155 Å². The molecule has 20 radical (unpaired) electrons. The summed E-state index contributed by atoms with van der Waals surface area (Å²) in [5.74, 6) is 1.31. The largest absolute Gasteiger partial charge is 0.308 e. The molecule has 0 aliphatic heterocycles. The average molecular weight is 880 g/mol. The van der Waals surface area contributed by atoms with E-state index in [2.05, 4.69) is 41.0 Å². The number of nitrogens with zero attached hydrogens (tertiary/aromatic N) is 7. The summed E-state index contributed by atoms with van der Waals surface area (Å²) >= 11 is 0. The lowest BCUT2D eigenvalue weighted by atomic mass is 9.60. The molecule has 11 rings (SSSR count). The summed E-state index contributed by atoms with van der Waals surface area (Å²) in [4.78, 5) is 30.3. The van der Waals surface area contributed by atoms with Gasteiger partial charge < -0.3 is 4.57 Å². The Labute approximate surface area is 424 Å². The number of fused-ring (bicyclic) bond motifs is 3. The highest BCUT2D eigenvalue weighted by Gasteiger charge is 2.25. The number of rotatable bonds is 8. The second kappa shape index (κ2) is 18.2. The summed E-state index contributed by atoms with van der Waals surface area (Å²) in [5, 5.41) is 2.04. The fourth-order valence-corrected chi connectivity index (χ4v) is 9.03. The lowest BCUT2D eigenvalue weighted by Crippen LogP contribution is -2.55. The molecule has 0 spiro atoms. The van der Waals surface area contributed by atoms with E-state index in [4.69, 9.17) is 108 Å². The van der Waals surface area contributed by atoms with Crippen molar-refractivity contribution < 1.29 is 0 Å². The third-order valence-corrected chi connectivity index (χ3v) is 12.7. The van der Waals surface area contributed by atoms with Crippen LogP contribution in [0.15, 0.2) is 152 Å². The lowest BCUT2D eigenvalue weighted by Gasteiger charge is -2.23. The van der Waals surface area contributed by atoms with E-state index in [-0.39, 0.29) is 83.2 Å². The van der Waals surface area contributed by atoms with Gasteiger partial charge in [-0.15, -0.1) is 32.8 Å². The Morgan fingerprint density at radius 2 is 0.676 bits per heavy atom. The number of hydrogen-bond donors (Lipinski definition) is 0. The zero-order valence-corrected chi connectivity index (χ0v) is 37.8. The predicted molar refractivity (Wildman–Crippen MR) is 299 cm³/mol. The molecule has 0 saturated heterocycles. The molecule has 0 N–H and O–H groups in total. The third kappa shape index (κ3) is 7.79. The highest BCUT2D eigenvalue weighted by atomic mass is 15.1. The van der Waals surface area contributed by atoms with Gasteiger partial charge in [-0.2, -0.15) is 0 Å². The van der Waals surface area contributed by atoms with Gasteiger partial charge in [0.15, 0.2) is 34.9 Å². The second-order valence-corrected chi connectivity index (χ2v) is 16.9. The molecule has 0 amide bonds. The molecule has 0 atom stereocenters. The molecule has 0 aliphatic rings. The standard InChI is InChI=1S/C54H25B10N7/c55-39-37(40(56)44(60)47(63)43(39)59)53-68-52(69-54(70-53)38-41(57)45(61)48(64)46(62)42(38)58)32-25-29(51-66-49(27-15-6-2-7-16-27)65-50(67-51)28-17-8-3-9-18-28)23-24-34(32)71-33-21-11-10-19-31(33)36-30(20-12-22-35(36)71)26-13-4-1-5-14-26/h1-25H. The summed E-state index contributed by atoms with van der Waals surface area (Å²) in [5.41, 5.74) is 7.24. The van der Waals surface area contributed by atoms with Crippen LogP contribution < -0.4 is 54.6 Å². The fourth-order valence-electron chi connectivity index (χ4n) is 9.03. The van der Waals surface area contributed by atoms with Gasteiger partial charge in [-0.3, -0.25) is 0 Å². The van der Waals surface area contributed by atoms with Crippen molar-refractivity contribution in [1.29, 1.82) is 0 Å². The first-order valence-electron chi connectivity index (χ1n) is 22.3. The van der Waals surface area contributed by atoms with E-state index in [0.29, 0.717) is 34.3 Å². The van der Waals surface area contributed by atoms with Crippen LogP contribution >= 0.6 is 0 Å². The first-order chi connectivity index (χ1) is 34.4. The number of hydrogen-bond acceptors (Lipinski definition) is 6. The topological polar surface area (TPSA) is 82.3 Å². The van der Waals surface area contributed by atoms with Crippen LogP contribution in [0.2, 0.25) is 0 Å². The molecule has 0 saturated carbocycles. The van der Waals surface area contributed by atoms with Gasteiger partial charge in [0.2, 0.25) is 0 Å². The molecule has 0 bridgehead atoms. The van der Waals surface area contributed by atoms with Crippen molar-refractivity contribution in [1.82, 2.24) is 34.5 Å². The summed E-state index contributed by atoms with van der Waals surface area (Å²) < 4.78 is 2.17. The molecule has 71 heavy (non-hydrogen) atoms. The molecular formula is C54H25B10N7. The van der Waals surface area contributed by atoms with Crippen LogP contribution in [0, 0.1) is 0 Å². The maximum Gasteiger partial charge on any atom is 0.166 e. The summed E-state index contributed by atoms with van der Waals surface area (Å²) in [6, 6.07) is 49.9. The van der Waals surface area contributed by atoms with Gasteiger partial charge in [-0.05, 0) is 41.5 Å². The smallest absolute Gasteiger partial charge is 0.166 e. The normalized spacial score (nSPS) is 11.4. The van der Waals surface area contributed by atoms with Crippen molar-refractivity contribution in [2.45, 2.75) is 0 Å². The highest BCUT2D eigenvalue weighted by molar-refractivity contribution is 6.70. The Bertz CT molecular complexity index is 3740. The van der Waals surface area contributed by atoms with Gasteiger partial charge in [0.25, 0.3) is 0 Å². The zero-order chi connectivity index (χ0) is 49.2. The highest BCUT2D eigenvalue weighted by Crippen LogP contribution is 2.41. The van der Waals surface area contributed by atoms with Crippen molar-refractivity contribution in [2.75, 3.05) is 0 Å². The predicted octanol–water partition coefficient (Wildman–Crippen LogP) is 0.761. The first kappa shape index (κ1) is 45.7. The summed E-state index contributed by atoms with van der Waals surface area (Å²) in [6.07, 6.45) is 0. The average Bonchev–Trinajstić information content (AvgIpc) is 3.75. The SMILES string of the molecule is [B]c1c([B])c([B])c(-c2nc(-c3cc(-c4nc(-c5ccccc5)nc(-c5ccccc5)n4)ccc3-n3c4ccccc4c4c(-c5ccccc5)cccc43)nc(-c3c([B])c([B])c([B])c([B])c3[B])n2)c([B])c1[B]. The van der Waals surface area contributed by atoms with Gasteiger partial charge in [0, 0.05) is 44.2 Å². The molecular weight excluding hydrogens is 855 g/mol. The quantitative estimate of drug-likeness (QED) is 0.210. The van der Waals surface area contributed by atoms with E-state index in [0.717, 1.165) is 44.1 Å². The van der Waals surface area contributed by atoms with Crippen LogP contribution in [0.3, 0.4) is 0 Å². The van der Waals surface area contributed by atoms with Crippen LogP contribution in [-0.2, 0) is 0 Å². The summed E-state index contributed by atoms with van der Waals surface area (Å²) in [6.45, 7) is 0. The minimum Gasteiger partial charge on any atom is -0.308 e. The number of aromatic nitrogens is 7. The molecule has 306 valence electrons. The van der Waals surface area contributed by atoms with E-state index >= 15 is 0 Å². The zero-order valence-electron chi connectivity index (χ0n) is 37.8. The monoisotopic (exact) mass is 881 g/mol. The van der Waals surface area contributed by atoms with Crippen molar-refractivity contribution in [3.8, 4) is 85.1 Å². The summed E-state index contributed by atoms with van der Waals surface area (Å²) in [7, 11) is 65.4. The molecule has 11 aromatic rings. The van der Waals surface area contributed by atoms with E-state index in [1.165, 1.54) is 0 Å². The Morgan fingerprint density at radius 3 is 1.18 bits per heavy atom. The number of benzene rings is 8. The molecule has 8 aromatic carbocycles. The fraction of sp³-hybridized carbons (Fsp3) is 0. The Balaban J connectivity index is 1.27. The van der Waals surface area contributed by atoms with Gasteiger partial charge in [-0.1, -0.05) is 143 Å². The van der Waals surface area contributed by atoms with Crippen molar-refractivity contribution in [3.63, 3.8) is 0 Å². The third-order valence-electron chi connectivity index (χ3n) is 12.7. The molecule has 0 aliphatic carbocycles. The van der Waals surface area contributed by atoms with Crippen LogP contribution in [0.25, 0.3) is 107 Å². The Kier molecular flexibility index (Phi) is 11.7. The Morgan fingerprint density at radius 1 is 0.282 bits per heavy atom. The van der Waals surface area contributed by atoms with E-state index in [9.17, 15) is 0 Å². The minimum atomic E-state index is -0.0472. The molecule has 0 fully saturated rings. The molecule has 0 unspecified atom stereocenters. The molecule has 3 heterocycles. The van der Waals surface area contributed by atoms with Gasteiger partial charge in [0.1, 0.15) is 78.5 Å². The maximum atomic E-state index is 6.74. The lowest BCUT2D eigenvalue weighted by molar-refractivity contribution is 1.06. The molecule has 7 nitrogen and oxygen atoms in total. The van der Waals surface area contributed by atoms with E-state index < -0.39 is 0 Å². The van der Waals surface area contributed by atoms with Gasteiger partial charge >= 0.3 is 0 Å². The maximum absolute atomic E-state index is 6.74. The van der Waals surface area contributed by atoms with Crippen LogP contribution in [0.1, 0.15) is 0 Å². The van der Waals surface area contributed by atoms with Crippen LogP contribution in [0.5, 0.6) is 0 Å². The van der Waals surface area contributed by atoms with Crippen LogP contribution in [-0.4, -0.2) is 113 Å². The minimum absolute atomic E-state index is 0.00384. The van der Waals surface area contributed by atoms with Gasteiger partial charge in [-0.25, -0.2) is 29.9 Å². The molecule has 3 aromatic heterocycles. The van der Waals surface area contributed by atoms with E-state index in [1.807, 2.05) is 115 Å². The van der Waals surface area contributed by atoms with E-state index in [1.54, 1.807) is 0 Å². The van der Waals surface area contributed by atoms with Crippen molar-refractivity contribution in [2.24, 2.45) is 0 Å². The van der Waals surface area contributed by atoms with Crippen LogP contribution in [0.4, 0.5) is 0 Å². The second-order valence-electron chi connectivity index (χ2n) is 16.9. The van der Waals surface area contributed by atoms with Gasteiger partial charge in [0.05, 0.1) is 16.7 Å².